The molecule has 2 aromatic heterocycles. The Morgan fingerprint density at radius 1 is 1.12 bits per heavy atom. The van der Waals surface area contributed by atoms with Crippen LogP contribution in [0.25, 0.3) is 16.6 Å². The van der Waals surface area contributed by atoms with E-state index in [4.69, 9.17) is 9.15 Å². The van der Waals surface area contributed by atoms with Gasteiger partial charge in [-0.2, -0.15) is 0 Å². The third kappa shape index (κ3) is 4.57. The fourth-order valence-electron chi connectivity index (χ4n) is 3.09. The van der Waals surface area contributed by atoms with Gasteiger partial charge in [-0.05, 0) is 42.5 Å². The molecule has 4 aromatic rings. The number of esters is 1. The number of ether oxygens (including phenoxy) is 1. The van der Waals surface area contributed by atoms with Gasteiger partial charge >= 0.3 is 5.97 Å². The van der Waals surface area contributed by atoms with E-state index in [2.05, 4.69) is 10.3 Å². The second kappa shape index (κ2) is 9.52. The standard InChI is InChI=1S/C23H19N3O5S/c1-30-22(29)15-9-10-18-19(12-15)25-23(26(21(18)28)16-6-3-2-4-7-16)32-14-20(27)24-13-17-8-5-11-31-17/h2-12H,13-14H2,1H3,(H,24,27). The highest BCUT2D eigenvalue weighted by atomic mass is 32.2. The van der Waals surface area contributed by atoms with E-state index in [1.165, 1.54) is 30.1 Å². The number of nitrogens with zero attached hydrogens (tertiary/aromatic N) is 2. The molecule has 0 radical (unpaired) electrons. The second-order valence-electron chi connectivity index (χ2n) is 6.74. The smallest absolute Gasteiger partial charge is 0.337 e. The van der Waals surface area contributed by atoms with Crippen molar-refractivity contribution < 1.29 is 18.7 Å². The summed E-state index contributed by atoms with van der Waals surface area (Å²) >= 11 is 1.13. The Labute approximate surface area is 187 Å². The predicted molar refractivity (Wildman–Crippen MR) is 120 cm³/mol. The summed E-state index contributed by atoms with van der Waals surface area (Å²) < 4.78 is 11.4. The van der Waals surface area contributed by atoms with Crippen molar-refractivity contribution in [2.75, 3.05) is 12.9 Å². The van der Waals surface area contributed by atoms with Crippen LogP contribution in [-0.2, 0) is 16.1 Å². The minimum absolute atomic E-state index is 0.0438. The van der Waals surface area contributed by atoms with Crippen molar-refractivity contribution >= 4 is 34.5 Å². The van der Waals surface area contributed by atoms with Crippen LogP contribution in [0.2, 0.25) is 0 Å². The average molecular weight is 449 g/mol. The minimum Gasteiger partial charge on any atom is -0.467 e. The Morgan fingerprint density at radius 2 is 1.94 bits per heavy atom. The normalized spacial score (nSPS) is 10.8. The number of benzene rings is 2. The first-order valence-corrected chi connectivity index (χ1v) is 10.7. The number of carbonyl (C=O) groups excluding carboxylic acids is 2. The minimum atomic E-state index is -0.521. The van der Waals surface area contributed by atoms with Gasteiger partial charge in [0.05, 0.1) is 47.8 Å². The SMILES string of the molecule is COC(=O)c1ccc2c(=O)n(-c3ccccc3)c(SCC(=O)NCc3ccco3)nc2c1. The number of aromatic nitrogens is 2. The van der Waals surface area contributed by atoms with Crippen LogP contribution in [0.5, 0.6) is 0 Å². The van der Waals surface area contributed by atoms with Crippen molar-refractivity contribution in [3.05, 3.63) is 88.6 Å². The maximum Gasteiger partial charge on any atom is 0.337 e. The first-order chi connectivity index (χ1) is 15.6. The van der Waals surface area contributed by atoms with Crippen molar-refractivity contribution in [2.24, 2.45) is 0 Å². The topological polar surface area (TPSA) is 103 Å². The molecule has 1 amide bonds. The highest BCUT2D eigenvalue weighted by Crippen LogP contribution is 2.22. The molecule has 8 nitrogen and oxygen atoms in total. The molecule has 1 N–H and O–H groups in total. The predicted octanol–water partition coefficient (Wildman–Crippen LogP) is 3.17. The number of nitrogens with one attached hydrogen (secondary N) is 1. The molecule has 4 rings (SSSR count). The summed E-state index contributed by atoms with van der Waals surface area (Å²) in [4.78, 5) is 42.1. The van der Waals surface area contributed by atoms with Gasteiger partial charge < -0.3 is 14.5 Å². The van der Waals surface area contributed by atoms with Gasteiger partial charge in [0.15, 0.2) is 5.16 Å². The molecular weight excluding hydrogens is 430 g/mol. The fraction of sp³-hybridized carbons (Fsp3) is 0.130. The van der Waals surface area contributed by atoms with Crippen molar-refractivity contribution in [3.8, 4) is 5.69 Å². The summed E-state index contributed by atoms with van der Waals surface area (Å²) in [5.41, 5.74) is 0.971. The van der Waals surface area contributed by atoms with Gasteiger partial charge in [0, 0.05) is 0 Å². The number of hydrogen-bond donors (Lipinski definition) is 1. The van der Waals surface area contributed by atoms with Crippen molar-refractivity contribution in [3.63, 3.8) is 0 Å². The monoisotopic (exact) mass is 449 g/mol. The first kappa shape index (κ1) is 21.4. The van der Waals surface area contributed by atoms with Crippen LogP contribution in [0.4, 0.5) is 0 Å². The van der Waals surface area contributed by atoms with Crippen LogP contribution in [0.15, 0.2) is 81.3 Å². The molecule has 2 aromatic carbocycles. The molecule has 9 heteroatoms. The van der Waals surface area contributed by atoms with Gasteiger partial charge in [0.1, 0.15) is 5.76 Å². The molecule has 0 spiro atoms. The van der Waals surface area contributed by atoms with Gasteiger partial charge in [-0.25, -0.2) is 9.78 Å². The van der Waals surface area contributed by atoms with Crippen molar-refractivity contribution in [1.82, 2.24) is 14.9 Å². The molecule has 0 saturated heterocycles. The third-order valence-electron chi connectivity index (χ3n) is 4.65. The lowest BCUT2D eigenvalue weighted by molar-refractivity contribution is -0.118. The Kier molecular flexibility index (Phi) is 6.37. The van der Waals surface area contributed by atoms with E-state index in [-0.39, 0.29) is 29.3 Å². The third-order valence-corrected chi connectivity index (χ3v) is 5.58. The zero-order chi connectivity index (χ0) is 22.5. The Bertz CT molecular complexity index is 1320. The first-order valence-electron chi connectivity index (χ1n) is 9.69. The number of rotatable bonds is 7. The van der Waals surface area contributed by atoms with E-state index in [0.717, 1.165) is 11.8 Å². The van der Waals surface area contributed by atoms with E-state index in [1.54, 1.807) is 30.3 Å². The summed E-state index contributed by atoms with van der Waals surface area (Å²) in [6, 6.07) is 17.2. The zero-order valence-corrected chi connectivity index (χ0v) is 17.9. The molecule has 0 unspecified atom stereocenters. The summed E-state index contributed by atoms with van der Waals surface area (Å²) in [7, 11) is 1.29. The number of methoxy groups -OCH3 is 1. The number of fused-ring (bicyclic) bond motifs is 1. The molecule has 2 heterocycles. The number of hydrogen-bond acceptors (Lipinski definition) is 7. The molecule has 0 aliphatic heterocycles. The highest BCUT2D eigenvalue weighted by Gasteiger charge is 2.16. The van der Waals surface area contributed by atoms with Gasteiger partial charge in [0.2, 0.25) is 5.91 Å². The zero-order valence-electron chi connectivity index (χ0n) is 17.1. The maximum atomic E-state index is 13.3. The second-order valence-corrected chi connectivity index (χ2v) is 7.68. The lowest BCUT2D eigenvalue weighted by Crippen LogP contribution is -2.26. The number of thioether (sulfide) groups is 1. The molecule has 162 valence electrons. The summed E-state index contributed by atoms with van der Waals surface area (Å²) in [5, 5.41) is 3.46. The average Bonchev–Trinajstić information content (AvgIpc) is 3.35. The van der Waals surface area contributed by atoms with E-state index in [1.807, 2.05) is 18.2 Å². The fourth-order valence-corrected chi connectivity index (χ4v) is 3.93. The van der Waals surface area contributed by atoms with E-state index in [9.17, 15) is 14.4 Å². The summed E-state index contributed by atoms with van der Waals surface area (Å²) in [6.45, 7) is 0.269. The lowest BCUT2D eigenvalue weighted by atomic mass is 10.1. The van der Waals surface area contributed by atoms with Crippen LogP contribution in [0.1, 0.15) is 16.1 Å². The van der Waals surface area contributed by atoms with Gasteiger partial charge in [-0.3, -0.25) is 14.2 Å². The molecule has 0 aliphatic rings. The van der Waals surface area contributed by atoms with E-state index >= 15 is 0 Å². The van der Waals surface area contributed by atoms with E-state index in [0.29, 0.717) is 27.5 Å². The maximum absolute atomic E-state index is 13.3. The summed E-state index contributed by atoms with van der Waals surface area (Å²) in [5.74, 6) is -0.0674. The number of para-hydroxylation sites is 1. The van der Waals surface area contributed by atoms with Gasteiger partial charge in [-0.15, -0.1) is 0 Å². The Morgan fingerprint density at radius 3 is 2.66 bits per heavy atom. The van der Waals surface area contributed by atoms with Crippen molar-refractivity contribution in [2.45, 2.75) is 11.7 Å². The number of amides is 1. The number of furan rings is 1. The quantitative estimate of drug-likeness (QED) is 0.263. The van der Waals surface area contributed by atoms with Gasteiger partial charge in [0.25, 0.3) is 5.56 Å². The Balaban J connectivity index is 1.68. The molecule has 0 fully saturated rings. The summed E-state index contributed by atoms with van der Waals surface area (Å²) in [6.07, 6.45) is 1.54. The molecule has 32 heavy (non-hydrogen) atoms. The molecule has 0 aliphatic carbocycles. The van der Waals surface area contributed by atoms with Crippen LogP contribution in [0, 0.1) is 0 Å². The Hall–Kier alpha value is -3.85. The van der Waals surface area contributed by atoms with Crippen LogP contribution in [0.3, 0.4) is 0 Å². The van der Waals surface area contributed by atoms with Gasteiger partial charge in [-0.1, -0.05) is 30.0 Å². The van der Waals surface area contributed by atoms with Crippen LogP contribution >= 0.6 is 11.8 Å². The molecule has 0 saturated carbocycles. The largest absolute Gasteiger partial charge is 0.467 e. The lowest BCUT2D eigenvalue weighted by Gasteiger charge is -2.13. The molecule has 0 atom stereocenters. The van der Waals surface area contributed by atoms with Crippen LogP contribution in [-0.4, -0.2) is 34.3 Å². The highest BCUT2D eigenvalue weighted by molar-refractivity contribution is 7.99. The van der Waals surface area contributed by atoms with E-state index < -0.39 is 5.97 Å². The molecular formula is C23H19N3O5S. The number of carbonyl (C=O) groups is 2. The van der Waals surface area contributed by atoms with Crippen LogP contribution < -0.4 is 10.9 Å². The molecule has 0 bridgehead atoms. The van der Waals surface area contributed by atoms with Crippen molar-refractivity contribution in [1.29, 1.82) is 0 Å².